The van der Waals surface area contributed by atoms with Gasteiger partial charge in [0.15, 0.2) is 5.69 Å². The molecule has 0 aliphatic rings. The molecule has 0 aliphatic carbocycles. The summed E-state index contributed by atoms with van der Waals surface area (Å²) in [6.45, 7) is 8.58. The monoisotopic (exact) mass is 1120 g/mol. The minimum Gasteiger partial charge on any atom is -0.307 e. The van der Waals surface area contributed by atoms with Gasteiger partial charge in [-0.05, 0) is 109 Å². The van der Waals surface area contributed by atoms with Gasteiger partial charge in [-0.25, -0.2) is 29.8 Å². The molecule has 0 atom stereocenters. The van der Waals surface area contributed by atoms with E-state index in [1.807, 2.05) is 97.2 Å². The summed E-state index contributed by atoms with van der Waals surface area (Å²) in [6.07, 6.45) is 1.99. The molecule has 0 spiro atoms. The first-order valence-electron chi connectivity index (χ1n) is 29.3. The molecule has 0 bridgehead atoms. The third-order valence-corrected chi connectivity index (χ3v) is 16.6. The number of aromatic nitrogens is 7. The number of pyridine rings is 5. The van der Waals surface area contributed by atoms with Crippen LogP contribution < -0.4 is 0 Å². The highest BCUT2D eigenvalue weighted by molar-refractivity contribution is 6.13. The Morgan fingerprint density at radius 3 is 0.909 bits per heavy atom. The van der Waals surface area contributed by atoms with Gasteiger partial charge in [0.25, 0.3) is 0 Å². The van der Waals surface area contributed by atoms with Crippen LogP contribution in [0, 0.1) is 6.57 Å². The van der Waals surface area contributed by atoms with Crippen molar-refractivity contribution in [2.75, 3.05) is 0 Å². The molecular formula is C80H50N8. The van der Waals surface area contributed by atoms with Crippen LogP contribution in [0.1, 0.15) is 0 Å². The van der Waals surface area contributed by atoms with Crippen molar-refractivity contribution in [2.45, 2.75) is 0 Å². The molecule has 0 saturated carbocycles. The van der Waals surface area contributed by atoms with Crippen molar-refractivity contribution in [1.82, 2.24) is 34.1 Å². The van der Waals surface area contributed by atoms with Gasteiger partial charge in [-0.3, -0.25) is 4.57 Å². The summed E-state index contributed by atoms with van der Waals surface area (Å²) in [5.74, 6) is 0.700. The zero-order chi connectivity index (χ0) is 58.5. The van der Waals surface area contributed by atoms with Gasteiger partial charge >= 0.3 is 0 Å². The third kappa shape index (κ3) is 9.24. The molecule has 8 nitrogen and oxygen atoms in total. The van der Waals surface area contributed by atoms with E-state index in [0.717, 1.165) is 150 Å². The molecule has 410 valence electrons. The lowest BCUT2D eigenvalue weighted by atomic mass is 10.0. The predicted molar refractivity (Wildman–Crippen MR) is 359 cm³/mol. The highest BCUT2D eigenvalue weighted by atomic mass is 15.1. The number of fused-ring (bicyclic) bond motifs is 6. The Morgan fingerprint density at radius 2 is 0.568 bits per heavy atom. The highest BCUT2D eigenvalue weighted by Crippen LogP contribution is 2.44. The van der Waals surface area contributed by atoms with Crippen molar-refractivity contribution in [2.24, 2.45) is 0 Å². The molecule has 7 heterocycles. The van der Waals surface area contributed by atoms with Crippen molar-refractivity contribution in [1.29, 1.82) is 0 Å². The van der Waals surface area contributed by atoms with Crippen LogP contribution in [-0.4, -0.2) is 34.1 Å². The molecule has 0 fully saturated rings. The van der Waals surface area contributed by atoms with E-state index in [0.29, 0.717) is 11.5 Å². The lowest BCUT2D eigenvalue weighted by molar-refractivity contribution is 1.06. The van der Waals surface area contributed by atoms with Crippen LogP contribution in [0.5, 0.6) is 0 Å². The van der Waals surface area contributed by atoms with E-state index in [9.17, 15) is 0 Å². The summed E-state index contributed by atoms with van der Waals surface area (Å²) in [7, 11) is 0. The fraction of sp³-hybridized carbons (Fsp3) is 0. The second kappa shape index (κ2) is 21.8. The summed E-state index contributed by atoms with van der Waals surface area (Å²) >= 11 is 0. The Morgan fingerprint density at radius 1 is 0.261 bits per heavy atom. The second-order valence-electron chi connectivity index (χ2n) is 21.9. The van der Waals surface area contributed by atoms with Gasteiger partial charge in [0.2, 0.25) is 0 Å². The van der Waals surface area contributed by atoms with Gasteiger partial charge in [0, 0.05) is 71.6 Å². The lowest BCUT2D eigenvalue weighted by Crippen LogP contribution is -2.03. The van der Waals surface area contributed by atoms with Gasteiger partial charge in [0.05, 0.1) is 86.1 Å². The Balaban J connectivity index is 0.909. The number of hydrogen-bond donors (Lipinski definition) is 0. The quantitative estimate of drug-likeness (QED) is 0.121. The van der Waals surface area contributed by atoms with Crippen molar-refractivity contribution in [3.63, 3.8) is 0 Å². The van der Waals surface area contributed by atoms with E-state index in [-0.39, 0.29) is 0 Å². The zero-order valence-electron chi connectivity index (χ0n) is 47.4. The number of nitrogens with zero attached hydrogens (tertiary/aromatic N) is 8. The maximum Gasteiger partial charge on any atom is 0.194 e. The van der Waals surface area contributed by atoms with Crippen LogP contribution in [0.15, 0.2) is 303 Å². The number of rotatable bonds is 11. The molecule has 0 aliphatic heterocycles. The predicted octanol–water partition coefficient (Wildman–Crippen LogP) is 20.4. The number of hydrogen-bond acceptors (Lipinski definition) is 5. The molecular weight excluding hydrogens is 1070 g/mol. The van der Waals surface area contributed by atoms with Gasteiger partial charge in [-0.2, -0.15) is 0 Å². The number of benzene rings is 9. The molecule has 8 heteroatoms. The molecule has 0 saturated heterocycles. The molecule has 0 unspecified atom stereocenters. The molecule has 16 aromatic rings. The van der Waals surface area contributed by atoms with Gasteiger partial charge < -0.3 is 4.57 Å². The van der Waals surface area contributed by atoms with Crippen LogP contribution in [0.25, 0.3) is 161 Å². The number of para-hydroxylation sites is 1. The Bertz CT molecular complexity index is 5110. The van der Waals surface area contributed by atoms with E-state index < -0.39 is 0 Å². The van der Waals surface area contributed by atoms with Crippen LogP contribution in [0.3, 0.4) is 0 Å². The molecule has 0 amide bonds. The maximum absolute atomic E-state index is 8.58. The smallest absolute Gasteiger partial charge is 0.194 e. The first-order valence-corrected chi connectivity index (χ1v) is 29.3. The summed E-state index contributed by atoms with van der Waals surface area (Å²) < 4.78 is 4.56. The molecule has 16 rings (SSSR count). The Hall–Kier alpha value is -12.2. The summed E-state index contributed by atoms with van der Waals surface area (Å²) in [4.78, 5) is 30.5. The summed E-state index contributed by atoms with van der Waals surface area (Å²) in [5, 5.41) is 4.15. The lowest BCUT2D eigenvalue weighted by Gasteiger charge is -2.17. The van der Waals surface area contributed by atoms with Crippen molar-refractivity contribution < 1.29 is 0 Å². The first kappa shape index (κ1) is 51.5. The normalized spacial score (nSPS) is 11.4. The SMILES string of the molecule is [C-]#[N+]c1ccccc1-c1cc(-n2c3ccc(-c4cccc(-c5ccccc5)n4)cc3c3cc(-c4cccc(-c5ccccc5)n4)ccc32)ncc1-n1c2ccc(-c3cccc(-c4ccccc4)n3)cc2c2cc(-c3cccc(-c4ccccc4)n3)ccc21. The zero-order valence-corrected chi connectivity index (χ0v) is 47.4. The van der Waals surface area contributed by atoms with E-state index in [1.165, 1.54) is 0 Å². The van der Waals surface area contributed by atoms with E-state index in [4.69, 9.17) is 31.5 Å². The van der Waals surface area contributed by atoms with Crippen molar-refractivity contribution in [3.05, 3.63) is 315 Å². The Kier molecular flexibility index (Phi) is 12.7. The molecule has 0 N–H and O–H groups in total. The average molecular weight is 1120 g/mol. The highest BCUT2D eigenvalue weighted by Gasteiger charge is 2.23. The minimum absolute atomic E-state index is 0.534. The molecule has 0 radical (unpaired) electrons. The van der Waals surface area contributed by atoms with E-state index in [2.05, 4.69) is 220 Å². The summed E-state index contributed by atoms with van der Waals surface area (Å²) in [5.41, 5.74) is 22.2. The van der Waals surface area contributed by atoms with Gasteiger partial charge in [-0.15, -0.1) is 0 Å². The van der Waals surface area contributed by atoms with E-state index >= 15 is 0 Å². The van der Waals surface area contributed by atoms with Crippen LogP contribution >= 0.6 is 0 Å². The van der Waals surface area contributed by atoms with E-state index in [1.54, 1.807) is 0 Å². The van der Waals surface area contributed by atoms with Crippen LogP contribution in [0.2, 0.25) is 0 Å². The van der Waals surface area contributed by atoms with Crippen LogP contribution in [0.4, 0.5) is 5.69 Å². The van der Waals surface area contributed by atoms with Crippen molar-refractivity contribution in [3.8, 4) is 113 Å². The Labute approximate surface area is 508 Å². The molecule has 7 aromatic heterocycles. The minimum atomic E-state index is 0.534. The van der Waals surface area contributed by atoms with Gasteiger partial charge in [-0.1, -0.05) is 194 Å². The first-order chi connectivity index (χ1) is 43.6. The van der Waals surface area contributed by atoms with Gasteiger partial charge in [0.1, 0.15) is 5.82 Å². The van der Waals surface area contributed by atoms with Crippen molar-refractivity contribution >= 4 is 49.3 Å². The molecule has 88 heavy (non-hydrogen) atoms. The maximum atomic E-state index is 8.58. The fourth-order valence-corrected chi connectivity index (χ4v) is 12.4. The standard InChI is InChI=1S/C80H50N8/c1-81-74-29-15-14-28-60(74)65-50-80(88-77-44-40-58(72-36-18-32-68(85-72)54-24-10-4-11-25-54)48-63(77)64-49-59(41-45-78(64)88)73-37-19-33-69(86-73)55-26-12-5-13-27-55)82-51-79(65)87-75-42-38-56(70-34-16-30-66(83-70)52-20-6-2-7-21-52)46-61(75)62-47-57(39-43-76(62)87)71-35-17-31-67(84-71)53-22-8-3-9-23-53/h2-51H. The topological polar surface area (TPSA) is 78.7 Å². The largest absolute Gasteiger partial charge is 0.307 e. The third-order valence-electron chi connectivity index (χ3n) is 16.6. The van der Waals surface area contributed by atoms with Crippen LogP contribution in [-0.2, 0) is 0 Å². The molecule has 9 aromatic carbocycles. The fourth-order valence-electron chi connectivity index (χ4n) is 12.4. The second-order valence-corrected chi connectivity index (χ2v) is 21.9. The summed E-state index contributed by atoms with van der Waals surface area (Å²) in [6, 6.07) is 103. The average Bonchev–Trinajstić information content (AvgIpc) is 1.81.